The summed E-state index contributed by atoms with van der Waals surface area (Å²) in [5.41, 5.74) is 3.83. The zero-order valence-corrected chi connectivity index (χ0v) is 19.6. The number of amides is 1. The van der Waals surface area contributed by atoms with Crippen LogP contribution < -0.4 is 0 Å². The maximum absolute atomic E-state index is 12.4. The van der Waals surface area contributed by atoms with Gasteiger partial charge in [-0.3, -0.25) is 14.4 Å². The Bertz CT molecular complexity index is 922. The van der Waals surface area contributed by atoms with Crippen LogP contribution in [0, 0.1) is 5.92 Å². The van der Waals surface area contributed by atoms with Gasteiger partial charge in [-0.25, -0.2) is 0 Å². The van der Waals surface area contributed by atoms with Gasteiger partial charge in [-0.2, -0.15) is 0 Å². The molecular weight excluding hydrogens is 418 g/mol. The maximum atomic E-state index is 12.4. The highest BCUT2D eigenvalue weighted by Crippen LogP contribution is 2.23. The van der Waals surface area contributed by atoms with E-state index in [2.05, 4.69) is 13.0 Å². The van der Waals surface area contributed by atoms with Crippen molar-refractivity contribution in [2.75, 3.05) is 7.05 Å². The third kappa shape index (κ3) is 9.08. The lowest BCUT2D eigenvalue weighted by Gasteiger charge is -2.18. The number of benzene rings is 2. The second kappa shape index (κ2) is 13.4. The van der Waals surface area contributed by atoms with Gasteiger partial charge in [0.2, 0.25) is 5.91 Å². The lowest BCUT2D eigenvalue weighted by atomic mass is 9.94. The first kappa shape index (κ1) is 26.1. The summed E-state index contributed by atoms with van der Waals surface area (Å²) in [4.78, 5) is 36.4. The Hall–Kier alpha value is -3.15. The van der Waals surface area contributed by atoms with Gasteiger partial charge in [-0.05, 0) is 41.2 Å². The van der Waals surface area contributed by atoms with Crippen LogP contribution in [0.5, 0.6) is 0 Å². The number of nitrogens with zero attached hydrogens (tertiary/aromatic N) is 1. The molecule has 1 unspecified atom stereocenters. The minimum absolute atomic E-state index is 0.163. The quantitative estimate of drug-likeness (QED) is 0.374. The van der Waals surface area contributed by atoms with E-state index >= 15 is 0 Å². The van der Waals surface area contributed by atoms with Gasteiger partial charge in [0.25, 0.3) is 0 Å². The molecule has 0 aromatic heterocycles. The summed E-state index contributed by atoms with van der Waals surface area (Å²) in [5.74, 6) is -3.00. The molecule has 0 fully saturated rings. The van der Waals surface area contributed by atoms with Crippen molar-refractivity contribution in [3.8, 4) is 11.1 Å². The third-order valence-electron chi connectivity index (χ3n) is 5.81. The number of carbonyl (C=O) groups excluding carboxylic acids is 1. The summed E-state index contributed by atoms with van der Waals surface area (Å²) in [5, 5.41) is 18.2. The second-order valence-corrected chi connectivity index (χ2v) is 8.65. The van der Waals surface area contributed by atoms with Gasteiger partial charge in [0, 0.05) is 20.0 Å². The first-order chi connectivity index (χ1) is 15.8. The maximum Gasteiger partial charge on any atom is 0.307 e. The first-order valence-electron chi connectivity index (χ1n) is 11.7. The minimum atomic E-state index is -1.12. The number of unbranched alkanes of at least 4 members (excludes halogenated alkanes) is 4. The Labute approximate surface area is 196 Å². The van der Waals surface area contributed by atoms with Crippen molar-refractivity contribution in [3.63, 3.8) is 0 Å². The van der Waals surface area contributed by atoms with Crippen LogP contribution in [0.2, 0.25) is 0 Å². The van der Waals surface area contributed by atoms with E-state index in [1.807, 2.05) is 49.5 Å². The van der Waals surface area contributed by atoms with Crippen molar-refractivity contribution >= 4 is 17.8 Å². The fourth-order valence-electron chi connectivity index (χ4n) is 3.86. The lowest BCUT2D eigenvalue weighted by Crippen LogP contribution is -2.25. The molecule has 0 aliphatic heterocycles. The van der Waals surface area contributed by atoms with Gasteiger partial charge in [-0.15, -0.1) is 0 Å². The van der Waals surface area contributed by atoms with Crippen molar-refractivity contribution in [1.82, 2.24) is 4.90 Å². The minimum Gasteiger partial charge on any atom is -0.481 e. The molecule has 0 bridgehead atoms. The van der Waals surface area contributed by atoms with E-state index in [0.29, 0.717) is 13.0 Å². The average Bonchev–Trinajstić information content (AvgIpc) is 2.78. The normalized spacial score (nSPS) is 11.7. The molecule has 6 nitrogen and oxygen atoms in total. The molecule has 0 heterocycles. The van der Waals surface area contributed by atoms with Crippen LogP contribution in [0.25, 0.3) is 11.1 Å². The van der Waals surface area contributed by atoms with Gasteiger partial charge < -0.3 is 15.1 Å². The van der Waals surface area contributed by atoms with E-state index in [-0.39, 0.29) is 12.3 Å². The number of hydrogen-bond donors (Lipinski definition) is 2. The highest BCUT2D eigenvalue weighted by Gasteiger charge is 2.21. The molecule has 2 aromatic carbocycles. The zero-order valence-electron chi connectivity index (χ0n) is 19.6. The van der Waals surface area contributed by atoms with Crippen LogP contribution >= 0.6 is 0 Å². The topological polar surface area (TPSA) is 94.9 Å². The van der Waals surface area contributed by atoms with Crippen molar-refractivity contribution in [2.45, 2.75) is 64.8 Å². The fourth-order valence-corrected chi connectivity index (χ4v) is 3.86. The Morgan fingerprint density at radius 1 is 0.879 bits per heavy atom. The van der Waals surface area contributed by atoms with Gasteiger partial charge in [-0.1, -0.05) is 75.1 Å². The highest BCUT2D eigenvalue weighted by atomic mass is 16.4. The smallest absolute Gasteiger partial charge is 0.307 e. The van der Waals surface area contributed by atoms with Crippen molar-refractivity contribution in [2.24, 2.45) is 5.92 Å². The number of rotatable bonds is 14. The summed E-state index contributed by atoms with van der Waals surface area (Å²) >= 11 is 0. The predicted molar refractivity (Wildman–Crippen MR) is 129 cm³/mol. The molecule has 0 radical (unpaired) electrons. The van der Waals surface area contributed by atoms with Crippen LogP contribution in [0.4, 0.5) is 0 Å². The van der Waals surface area contributed by atoms with Gasteiger partial charge in [0.05, 0.1) is 12.3 Å². The second-order valence-electron chi connectivity index (χ2n) is 8.65. The summed E-state index contributed by atoms with van der Waals surface area (Å²) in [7, 11) is 1.84. The van der Waals surface area contributed by atoms with Gasteiger partial charge in [0.15, 0.2) is 0 Å². The lowest BCUT2D eigenvalue weighted by molar-refractivity contribution is -0.148. The zero-order chi connectivity index (χ0) is 24.2. The molecule has 6 heteroatoms. The number of carboxylic acid groups (broad SMARTS) is 2. The Balaban J connectivity index is 1.97. The molecule has 178 valence electrons. The number of aliphatic carboxylic acids is 2. The summed E-state index contributed by atoms with van der Waals surface area (Å²) in [6, 6.07) is 15.5. The standard InChI is InChI=1S/C27H35NO5/c1-3-4-5-6-7-11-25(29)28(2)19-21-9-8-10-23(17-21)22-14-12-20(13-15-22)16-24(27(32)33)18-26(30)31/h8-10,12-15,17,24H,3-7,11,16,18-19H2,1-2H3,(H,30,31)(H,32,33). The Morgan fingerprint density at radius 2 is 1.58 bits per heavy atom. The fraction of sp³-hybridized carbons (Fsp3) is 0.444. The Morgan fingerprint density at radius 3 is 2.21 bits per heavy atom. The average molecular weight is 454 g/mol. The monoisotopic (exact) mass is 453 g/mol. The molecule has 0 spiro atoms. The van der Waals surface area contributed by atoms with Crippen LogP contribution in [-0.4, -0.2) is 40.0 Å². The van der Waals surface area contributed by atoms with Crippen LogP contribution in [-0.2, 0) is 27.3 Å². The molecule has 1 amide bonds. The van der Waals surface area contributed by atoms with E-state index < -0.39 is 24.3 Å². The van der Waals surface area contributed by atoms with Crippen molar-refractivity contribution < 1.29 is 24.6 Å². The van der Waals surface area contributed by atoms with E-state index in [1.165, 1.54) is 19.3 Å². The molecule has 2 rings (SSSR count). The Kier molecular flexibility index (Phi) is 10.6. The molecule has 2 aromatic rings. The molecule has 33 heavy (non-hydrogen) atoms. The number of carbonyl (C=O) groups is 3. The van der Waals surface area contributed by atoms with E-state index in [4.69, 9.17) is 5.11 Å². The summed E-state index contributed by atoms with van der Waals surface area (Å²) in [6.45, 7) is 2.73. The molecule has 0 aliphatic carbocycles. The molecule has 0 aliphatic rings. The van der Waals surface area contributed by atoms with Gasteiger partial charge >= 0.3 is 11.9 Å². The van der Waals surface area contributed by atoms with E-state index in [9.17, 15) is 19.5 Å². The largest absolute Gasteiger partial charge is 0.481 e. The van der Waals surface area contributed by atoms with Crippen LogP contribution in [0.3, 0.4) is 0 Å². The van der Waals surface area contributed by atoms with E-state index in [1.54, 1.807) is 4.90 Å². The van der Waals surface area contributed by atoms with Crippen LogP contribution in [0.15, 0.2) is 48.5 Å². The molecular formula is C27H35NO5. The summed E-state index contributed by atoms with van der Waals surface area (Å²) in [6.07, 6.45) is 6.00. The molecule has 1 atom stereocenters. The molecule has 0 saturated carbocycles. The predicted octanol–water partition coefficient (Wildman–Crippen LogP) is 5.39. The number of hydrogen-bond acceptors (Lipinski definition) is 3. The van der Waals surface area contributed by atoms with Crippen molar-refractivity contribution in [1.29, 1.82) is 0 Å². The molecule has 2 N–H and O–H groups in total. The molecule has 0 saturated heterocycles. The highest BCUT2D eigenvalue weighted by molar-refractivity contribution is 5.78. The first-order valence-corrected chi connectivity index (χ1v) is 11.7. The number of carboxylic acids is 2. The SMILES string of the molecule is CCCCCCCC(=O)N(C)Cc1cccc(-c2ccc(CC(CC(=O)O)C(=O)O)cc2)c1. The van der Waals surface area contributed by atoms with Gasteiger partial charge in [0.1, 0.15) is 0 Å². The summed E-state index contributed by atoms with van der Waals surface area (Å²) < 4.78 is 0. The van der Waals surface area contributed by atoms with Crippen LogP contribution in [0.1, 0.15) is 63.0 Å². The van der Waals surface area contributed by atoms with Crippen molar-refractivity contribution in [3.05, 3.63) is 59.7 Å². The van der Waals surface area contributed by atoms with E-state index in [0.717, 1.165) is 35.1 Å². The third-order valence-corrected chi connectivity index (χ3v) is 5.81.